The molecule has 26 heavy (non-hydrogen) atoms. The zero-order chi connectivity index (χ0) is 18.9. The molecule has 3 heteroatoms. The van der Waals surface area contributed by atoms with E-state index in [-0.39, 0.29) is 22.9 Å². The lowest BCUT2D eigenvalue weighted by molar-refractivity contribution is -0.888. The summed E-state index contributed by atoms with van der Waals surface area (Å²) >= 11 is 0. The predicted molar refractivity (Wildman–Crippen MR) is 104 cm³/mol. The van der Waals surface area contributed by atoms with Gasteiger partial charge in [-0.3, -0.25) is 4.79 Å². The Morgan fingerprint density at radius 3 is 2.58 bits per heavy atom. The fourth-order valence-electron chi connectivity index (χ4n) is 8.01. The van der Waals surface area contributed by atoms with Crippen LogP contribution in [-0.4, -0.2) is 37.1 Å². The van der Waals surface area contributed by atoms with Crippen molar-refractivity contribution in [3.8, 4) is 0 Å². The zero-order valence-corrected chi connectivity index (χ0v) is 17.3. The molecule has 0 saturated heterocycles. The van der Waals surface area contributed by atoms with Crippen LogP contribution in [0.15, 0.2) is 11.6 Å². The second kappa shape index (κ2) is 6.17. The van der Waals surface area contributed by atoms with Crippen molar-refractivity contribution in [2.75, 3.05) is 14.1 Å². The molecular weight excluding hydrogens is 322 g/mol. The maximum atomic E-state index is 12.7. The number of ketones is 1. The lowest BCUT2D eigenvalue weighted by atomic mass is 9.47. The van der Waals surface area contributed by atoms with Crippen LogP contribution < -0.4 is 4.90 Å². The fraction of sp³-hybridized carbons (Fsp3) is 0.870. The first-order valence-electron chi connectivity index (χ1n) is 10.9. The van der Waals surface area contributed by atoms with Crippen LogP contribution in [0.1, 0.15) is 65.7 Å². The summed E-state index contributed by atoms with van der Waals surface area (Å²) in [7, 11) is 4.48. The summed E-state index contributed by atoms with van der Waals surface area (Å²) in [4.78, 5) is 14.1. The third-order valence-corrected chi connectivity index (χ3v) is 9.32. The van der Waals surface area contributed by atoms with Gasteiger partial charge in [0, 0.05) is 6.42 Å². The number of nitrogens with one attached hydrogen (secondary N) is 1. The molecule has 4 aliphatic rings. The standard InChI is InChI=1S/C23H37NO2/c1-14(25)21-20(24(4)5)13-19-17-7-6-15-12-16(26)8-10-22(15,2)18(17)9-11-23(19,21)3/h6,16-21,26H,7-13H2,1-5H3/p+1/t16-,17+,18+,19+,20+,21+,22-,23-/m0/s1. The van der Waals surface area contributed by atoms with Crippen molar-refractivity contribution < 1.29 is 14.8 Å². The van der Waals surface area contributed by atoms with Crippen molar-refractivity contribution in [1.29, 1.82) is 0 Å². The first-order valence-corrected chi connectivity index (χ1v) is 10.9. The number of aliphatic hydroxyl groups is 1. The average Bonchev–Trinajstić information content (AvgIpc) is 2.89. The molecule has 3 nitrogen and oxygen atoms in total. The van der Waals surface area contributed by atoms with Crippen molar-refractivity contribution in [3.63, 3.8) is 0 Å². The van der Waals surface area contributed by atoms with Crippen LogP contribution >= 0.6 is 0 Å². The van der Waals surface area contributed by atoms with Gasteiger partial charge in [0.25, 0.3) is 0 Å². The van der Waals surface area contributed by atoms with Crippen LogP contribution in [0.2, 0.25) is 0 Å². The van der Waals surface area contributed by atoms with E-state index in [9.17, 15) is 9.90 Å². The number of carbonyl (C=O) groups is 1. The average molecular weight is 361 g/mol. The van der Waals surface area contributed by atoms with Gasteiger partial charge in [-0.1, -0.05) is 25.5 Å². The van der Waals surface area contributed by atoms with Crippen molar-refractivity contribution in [2.24, 2.45) is 34.5 Å². The fourth-order valence-corrected chi connectivity index (χ4v) is 8.01. The number of Topliss-reactive ketones (excluding diaryl/α,β-unsaturated/α-hetero) is 1. The largest absolute Gasteiger partial charge is 0.393 e. The van der Waals surface area contributed by atoms with E-state index in [4.69, 9.17) is 0 Å². The van der Waals surface area contributed by atoms with Gasteiger partial charge in [-0.05, 0) is 74.0 Å². The first kappa shape index (κ1) is 18.7. The number of rotatable bonds is 2. The van der Waals surface area contributed by atoms with Gasteiger partial charge in [0.1, 0.15) is 5.78 Å². The molecule has 0 bridgehead atoms. The lowest BCUT2D eigenvalue weighted by Gasteiger charge is -2.57. The summed E-state index contributed by atoms with van der Waals surface area (Å²) in [5.74, 6) is 2.79. The van der Waals surface area contributed by atoms with Crippen molar-refractivity contribution in [3.05, 3.63) is 11.6 Å². The molecule has 146 valence electrons. The minimum atomic E-state index is -0.130. The van der Waals surface area contributed by atoms with E-state index in [0.717, 1.165) is 31.1 Å². The second-order valence-corrected chi connectivity index (χ2v) is 10.7. The minimum Gasteiger partial charge on any atom is -0.393 e. The van der Waals surface area contributed by atoms with E-state index in [0.29, 0.717) is 17.7 Å². The van der Waals surface area contributed by atoms with Crippen LogP contribution in [0.5, 0.6) is 0 Å². The highest BCUT2D eigenvalue weighted by atomic mass is 16.3. The molecule has 3 fully saturated rings. The molecule has 0 radical (unpaired) electrons. The van der Waals surface area contributed by atoms with Gasteiger partial charge in [0.2, 0.25) is 0 Å². The summed E-state index contributed by atoms with van der Waals surface area (Å²) in [5.41, 5.74) is 2.01. The quantitative estimate of drug-likeness (QED) is 0.744. The summed E-state index contributed by atoms with van der Waals surface area (Å²) in [6, 6.07) is 0.479. The Kier molecular flexibility index (Phi) is 4.43. The Labute approximate surface area is 159 Å². The number of hydrogen-bond donors (Lipinski definition) is 2. The Morgan fingerprint density at radius 1 is 1.19 bits per heavy atom. The van der Waals surface area contributed by atoms with Gasteiger partial charge >= 0.3 is 0 Å². The van der Waals surface area contributed by atoms with Gasteiger partial charge in [0.15, 0.2) is 0 Å². The number of carbonyl (C=O) groups excluding carboxylic acids is 1. The SMILES string of the molecule is CC(=O)[C@@H]1[C@H]([NH+](C)C)C[C@@H]2[C@@H]3CC=C4C[C@@H](O)CC[C@]4(C)[C@@H]3CC[C@@]21C. The highest BCUT2D eigenvalue weighted by molar-refractivity contribution is 5.80. The maximum Gasteiger partial charge on any atom is 0.139 e. The second-order valence-electron chi connectivity index (χ2n) is 10.7. The lowest BCUT2D eigenvalue weighted by Crippen LogP contribution is -3.10. The predicted octanol–water partition coefficient (Wildman–Crippen LogP) is 2.64. The molecule has 3 saturated carbocycles. The molecule has 0 aromatic carbocycles. The van der Waals surface area contributed by atoms with Gasteiger partial charge in [-0.2, -0.15) is 0 Å². The van der Waals surface area contributed by atoms with Gasteiger partial charge < -0.3 is 10.0 Å². The third-order valence-electron chi connectivity index (χ3n) is 9.32. The first-order chi connectivity index (χ1) is 12.2. The minimum absolute atomic E-state index is 0.130. The van der Waals surface area contributed by atoms with E-state index < -0.39 is 0 Å². The van der Waals surface area contributed by atoms with Gasteiger partial charge in [-0.25, -0.2) is 0 Å². The number of fused-ring (bicyclic) bond motifs is 5. The normalized spacial score (nSPS) is 50.7. The molecule has 0 heterocycles. The number of hydrogen-bond acceptors (Lipinski definition) is 2. The Bertz CT molecular complexity index is 626. The van der Waals surface area contributed by atoms with Gasteiger partial charge in [-0.15, -0.1) is 0 Å². The molecule has 4 rings (SSSR count). The summed E-state index contributed by atoms with van der Waals surface area (Å²) in [5, 5.41) is 10.2. The van der Waals surface area contributed by atoms with Crippen molar-refractivity contribution in [2.45, 2.75) is 77.9 Å². The van der Waals surface area contributed by atoms with Crippen LogP contribution in [0.3, 0.4) is 0 Å². The molecule has 2 N–H and O–H groups in total. The summed E-state index contributed by atoms with van der Waals surface area (Å²) in [6.45, 7) is 6.76. The molecule has 0 spiro atoms. The Hall–Kier alpha value is -0.670. The van der Waals surface area contributed by atoms with Crippen LogP contribution in [0.4, 0.5) is 0 Å². The topological polar surface area (TPSA) is 41.7 Å². The molecule has 4 aliphatic carbocycles. The van der Waals surface area contributed by atoms with E-state index in [1.165, 1.54) is 36.2 Å². The van der Waals surface area contributed by atoms with Crippen molar-refractivity contribution in [1.82, 2.24) is 0 Å². The zero-order valence-electron chi connectivity index (χ0n) is 17.3. The van der Waals surface area contributed by atoms with E-state index in [2.05, 4.69) is 34.0 Å². The molecule has 0 aromatic rings. The van der Waals surface area contributed by atoms with Crippen LogP contribution in [-0.2, 0) is 4.79 Å². The molecule has 8 atom stereocenters. The Balaban J connectivity index is 1.69. The molecular formula is C23H38NO2+. The number of quaternary nitrogens is 1. The highest BCUT2D eigenvalue weighted by Gasteiger charge is 2.63. The summed E-state index contributed by atoms with van der Waals surface area (Å²) < 4.78 is 0. The number of aliphatic hydroxyl groups excluding tert-OH is 1. The molecule has 0 aliphatic heterocycles. The van der Waals surface area contributed by atoms with E-state index in [1.807, 2.05) is 6.92 Å². The van der Waals surface area contributed by atoms with Crippen molar-refractivity contribution >= 4 is 5.78 Å². The van der Waals surface area contributed by atoms with Gasteiger partial charge in [0.05, 0.1) is 32.2 Å². The van der Waals surface area contributed by atoms with Crippen LogP contribution in [0, 0.1) is 34.5 Å². The monoisotopic (exact) mass is 360 g/mol. The smallest absolute Gasteiger partial charge is 0.139 e. The summed E-state index contributed by atoms with van der Waals surface area (Å²) in [6.07, 6.45) is 10.2. The van der Waals surface area contributed by atoms with Crippen LogP contribution in [0.25, 0.3) is 0 Å². The number of allylic oxidation sites excluding steroid dienone is 1. The van der Waals surface area contributed by atoms with E-state index >= 15 is 0 Å². The molecule has 0 amide bonds. The Morgan fingerprint density at radius 2 is 1.92 bits per heavy atom. The highest BCUT2D eigenvalue weighted by Crippen LogP contribution is 2.66. The third kappa shape index (κ3) is 2.49. The molecule has 0 aromatic heterocycles. The molecule has 0 unspecified atom stereocenters. The van der Waals surface area contributed by atoms with E-state index in [1.54, 1.807) is 0 Å². The maximum absolute atomic E-state index is 12.7.